The second-order valence-electron chi connectivity index (χ2n) is 4.85. The van der Waals surface area contributed by atoms with Crippen molar-refractivity contribution in [3.63, 3.8) is 0 Å². The highest BCUT2D eigenvalue weighted by Crippen LogP contribution is 2.30. The first-order valence-electron chi connectivity index (χ1n) is 6.35. The number of amides is 1. The van der Waals surface area contributed by atoms with Crippen LogP contribution in [0.1, 0.15) is 23.7 Å². The first kappa shape index (κ1) is 15.5. The van der Waals surface area contributed by atoms with Gasteiger partial charge in [-0.3, -0.25) is 9.59 Å². The number of benzene rings is 1. The Morgan fingerprint density at radius 3 is 2.81 bits per heavy atom. The fourth-order valence-electron chi connectivity index (χ4n) is 2.21. The Kier molecular flexibility index (Phi) is 4.62. The highest BCUT2D eigenvalue weighted by Gasteiger charge is 2.32. The van der Waals surface area contributed by atoms with Crippen molar-refractivity contribution in [1.82, 2.24) is 0 Å². The van der Waals surface area contributed by atoms with Gasteiger partial charge in [0.15, 0.2) is 5.12 Å². The maximum Gasteiger partial charge on any atom is 0.335 e. The summed E-state index contributed by atoms with van der Waals surface area (Å²) in [6, 6.07) is 3.37. The van der Waals surface area contributed by atoms with Gasteiger partial charge in [0.1, 0.15) is 5.82 Å². The minimum absolute atomic E-state index is 0.0183. The molecule has 0 radical (unpaired) electrons. The predicted molar refractivity (Wildman–Crippen MR) is 77.0 cm³/mol. The quantitative estimate of drug-likeness (QED) is 0.922. The molecule has 7 heteroatoms. The molecule has 21 heavy (non-hydrogen) atoms. The summed E-state index contributed by atoms with van der Waals surface area (Å²) in [7, 11) is 0. The third-order valence-corrected chi connectivity index (χ3v) is 4.26. The van der Waals surface area contributed by atoms with Crippen molar-refractivity contribution >= 4 is 34.4 Å². The van der Waals surface area contributed by atoms with Crippen LogP contribution in [-0.4, -0.2) is 34.4 Å². The van der Waals surface area contributed by atoms with Crippen molar-refractivity contribution < 1.29 is 23.9 Å². The van der Waals surface area contributed by atoms with E-state index in [0.29, 0.717) is 12.3 Å². The number of carbonyl (C=O) groups is 3. The molecule has 5 nitrogen and oxygen atoms in total. The van der Waals surface area contributed by atoms with Crippen LogP contribution < -0.4 is 4.90 Å². The number of anilines is 1. The van der Waals surface area contributed by atoms with Crippen molar-refractivity contribution in [1.29, 1.82) is 0 Å². The Bertz CT molecular complexity index is 605. The Balaban J connectivity index is 2.18. The van der Waals surface area contributed by atoms with Gasteiger partial charge in [0.05, 0.1) is 11.3 Å². The van der Waals surface area contributed by atoms with Crippen LogP contribution in [-0.2, 0) is 9.59 Å². The van der Waals surface area contributed by atoms with Crippen molar-refractivity contribution in [3.8, 4) is 0 Å². The normalized spacial score (nSPS) is 18.1. The molecule has 2 rings (SSSR count). The van der Waals surface area contributed by atoms with E-state index in [1.165, 1.54) is 11.8 Å². The van der Waals surface area contributed by atoms with Crippen molar-refractivity contribution in [2.75, 3.05) is 17.2 Å². The summed E-state index contributed by atoms with van der Waals surface area (Å²) in [6.45, 7) is 1.74. The fourth-order valence-corrected chi connectivity index (χ4v) is 2.91. The molecular weight excluding hydrogens is 297 g/mol. The van der Waals surface area contributed by atoms with Gasteiger partial charge in [0.2, 0.25) is 5.91 Å². The lowest BCUT2D eigenvalue weighted by Gasteiger charge is -2.18. The van der Waals surface area contributed by atoms with E-state index in [2.05, 4.69) is 0 Å². The van der Waals surface area contributed by atoms with Gasteiger partial charge in [-0.25, -0.2) is 9.18 Å². The number of rotatable bonds is 4. The minimum Gasteiger partial charge on any atom is -0.478 e. The number of thioether (sulfide) groups is 1. The molecule has 1 fully saturated rings. The van der Waals surface area contributed by atoms with Gasteiger partial charge in [0, 0.05) is 25.6 Å². The Labute approximate surface area is 125 Å². The van der Waals surface area contributed by atoms with Crippen molar-refractivity contribution in [2.45, 2.75) is 13.3 Å². The number of aromatic carboxylic acids is 1. The molecular formula is C14H14FNO4S. The summed E-state index contributed by atoms with van der Waals surface area (Å²) in [4.78, 5) is 35.1. The number of nitrogens with zero attached hydrogens (tertiary/aromatic N) is 1. The Hall–Kier alpha value is -1.89. The smallest absolute Gasteiger partial charge is 0.335 e. The van der Waals surface area contributed by atoms with Gasteiger partial charge in [-0.1, -0.05) is 11.8 Å². The van der Waals surface area contributed by atoms with Crippen LogP contribution in [0.4, 0.5) is 10.1 Å². The number of carbonyl (C=O) groups excluding carboxylic acids is 2. The summed E-state index contributed by atoms with van der Waals surface area (Å²) < 4.78 is 13.9. The average molecular weight is 311 g/mol. The van der Waals surface area contributed by atoms with Gasteiger partial charge in [-0.05, 0) is 24.1 Å². The van der Waals surface area contributed by atoms with E-state index in [-0.39, 0.29) is 34.6 Å². The summed E-state index contributed by atoms with van der Waals surface area (Å²) in [5.41, 5.74) is -0.0871. The molecule has 1 aromatic rings. The van der Waals surface area contributed by atoms with Gasteiger partial charge < -0.3 is 10.0 Å². The molecule has 1 aliphatic heterocycles. The molecule has 1 heterocycles. The third-order valence-electron chi connectivity index (χ3n) is 3.21. The summed E-state index contributed by atoms with van der Waals surface area (Å²) in [5.74, 6) is -1.61. The predicted octanol–water partition coefficient (Wildman–Crippen LogP) is 2.16. The number of hydrogen-bond acceptors (Lipinski definition) is 4. The molecule has 0 bridgehead atoms. The standard InChI is InChI=1S/C14H14FNO4S/c1-8(17)21-7-9-4-13(18)16(6-9)12-5-10(14(19)20)2-3-11(12)15/h2-3,5,9H,4,6-7H2,1H3,(H,19,20). The Morgan fingerprint density at radius 1 is 1.48 bits per heavy atom. The van der Waals surface area contributed by atoms with Crippen LogP contribution in [0.3, 0.4) is 0 Å². The van der Waals surface area contributed by atoms with E-state index in [1.54, 1.807) is 0 Å². The zero-order valence-electron chi connectivity index (χ0n) is 11.3. The number of carboxylic acid groups (broad SMARTS) is 1. The highest BCUT2D eigenvalue weighted by molar-refractivity contribution is 8.13. The zero-order valence-corrected chi connectivity index (χ0v) is 12.2. The van der Waals surface area contributed by atoms with Gasteiger partial charge in [-0.2, -0.15) is 0 Å². The van der Waals surface area contributed by atoms with E-state index in [9.17, 15) is 18.8 Å². The molecule has 0 saturated carbocycles. The van der Waals surface area contributed by atoms with Crippen molar-refractivity contribution in [3.05, 3.63) is 29.6 Å². The molecule has 1 aliphatic rings. The molecule has 112 valence electrons. The van der Waals surface area contributed by atoms with Gasteiger partial charge in [0.25, 0.3) is 0 Å². The average Bonchev–Trinajstić information content (AvgIpc) is 2.78. The molecule has 1 N–H and O–H groups in total. The third kappa shape index (κ3) is 3.60. The van der Waals surface area contributed by atoms with Crippen LogP contribution in [0.2, 0.25) is 0 Å². The lowest BCUT2D eigenvalue weighted by atomic mass is 10.1. The van der Waals surface area contributed by atoms with Crippen molar-refractivity contribution in [2.24, 2.45) is 5.92 Å². The topological polar surface area (TPSA) is 74.7 Å². The Morgan fingerprint density at radius 2 is 2.19 bits per heavy atom. The summed E-state index contributed by atoms with van der Waals surface area (Å²) in [6.07, 6.45) is 0.233. The molecule has 1 saturated heterocycles. The number of hydrogen-bond donors (Lipinski definition) is 1. The molecule has 1 unspecified atom stereocenters. The van der Waals surface area contributed by atoms with Crippen LogP contribution in [0.5, 0.6) is 0 Å². The summed E-state index contributed by atoms with van der Waals surface area (Å²) >= 11 is 1.13. The van der Waals surface area contributed by atoms with Gasteiger partial charge >= 0.3 is 5.97 Å². The molecule has 0 spiro atoms. The molecule has 1 amide bonds. The molecule has 1 atom stereocenters. The first-order chi connectivity index (χ1) is 9.88. The maximum absolute atomic E-state index is 13.9. The monoisotopic (exact) mass is 311 g/mol. The SMILES string of the molecule is CC(=O)SCC1CC(=O)N(c2cc(C(=O)O)ccc2F)C1. The molecule has 0 aliphatic carbocycles. The second kappa shape index (κ2) is 6.26. The van der Waals surface area contributed by atoms with E-state index < -0.39 is 11.8 Å². The largest absolute Gasteiger partial charge is 0.478 e. The summed E-state index contributed by atoms with van der Waals surface area (Å²) in [5, 5.41) is 8.91. The van der Waals surface area contributed by atoms with Crippen LogP contribution in [0.25, 0.3) is 0 Å². The van der Waals surface area contributed by atoms with E-state index in [0.717, 1.165) is 30.0 Å². The fraction of sp³-hybridized carbons (Fsp3) is 0.357. The number of halogens is 1. The van der Waals surface area contributed by atoms with E-state index in [1.807, 2.05) is 0 Å². The maximum atomic E-state index is 13.9. The van der Waals surface area contributed by atoms with Crippen LogP contribution >= 0.6 is 11.8 Å². The lowest BCUT2D eigenvalue weighted by Crippen LogP contribution is -2.26. The lowest BCUT2D eigenvalue weighted by molar-refractivity contribution is -0.117. The highest BCUT2D eigenvalue weighted by atomic mass is 32.2. The van der Waals surface area contributed by atoms with E-state index in [4.69, 9.17) is 5.11 Å². The first-order valence-corrected chi connectivity index (χ1v) is 7.33. The molecule has 0 aromatic heterocycles. The molecule has 1 aromatic carbocycles. The number of carboxylic acids is 1. The van der Waals surface area contributed by atoms with E-state index >= 15 is 0 Å². The minimum atomic E-state index is -1.17. The van der Waals surface area contributed by atoms with Crippen LogP contribution in [0.15, 0.2) is 18.2 Å². The van der Waals surface area contributed by atoms with Gasteiger partial charge in [-0.15, -0.1) is 0 Å². The second-order valence-corrected chi connectivity index (χ2v) is 6.05. The zero-order chi connectivity index (χ0) is 15.6. The van der Waals surface area contributed by atoms with Crippen LogP contribution in [0, 0.1) is 11.7 Å².